The number of carbonyl (C=O) groups is 1. The lowest BCUT2D eigenvalue weighted by Crippen LogP contribution is -2.41. The van der Waals surface area contributed by atoms with Crippen LogP contribution in [0.3, 0.4) is 0 Å². The average Bonchev–Trinajstić information content (AvgIpc) is 2.68. The fraction of sp³-hybridized carbons (Fsp3) is 0.308. The maximum absolute atomic E-state index is 11.0. The van der Waals surface area contributed by atoms with Crippen LogP contribution in [-0.2, 0) is 17.8 Å². The second-order valence-electron chi connectivity index (χ2n) is 4.56. The van der Waals surface area contributed by atoms with E-state index in [4.69, 9.17) is 5.11 Å². The van der Waals surface area contributed by atoms with Gasteiger partial charge in [-0.3, -0.25) is 10.1 Å². The smallest absolute Gasteiger partial charge is 0.321 e. The number of H-pyrrole nitrogens is 1. The Bertz CT molecular complexity index is 601. The van der Waals surface area contributed by atoms with Gasteiger partial charge in [0.05, 0.1) is 0 Å². The van der Waals surface area contributed by atoms with Gasteiger partial charge in [0.2, 0.25) is 0 Å². The molecule has 88 valence electrons. The molecule has 1 aromatic carbocycles. The van der Waals surface area contributed by atoms with Crippen LogP contribution in [0.25, 0.3) is 10.9 Å². The number of carboxylic acids is 1. The quantitative estimate of drug-likeness (QED) is 0.696. The van der Waals surface area contributed by atoms with E-state index in [0.29, 0.717) is 13.0 Å². The highest BCUT2D eigenvalue weighted by atomic mass is 16.4. The summed E-state index contributed by atoms with van der Waals surface area (Å²) >= 11 is 0. The Hall–Kier alpha value is -1.81. The molecule has 0 saturated heterocycles. The number of fused-ring (bicyclic) bond motifs is 3. The predicted octanol–water partition coefficient (Wildman–Crippen LogP) is 1.58. The van der Waals surface area contributed by atoms with Gasteiger partial charge in [0.1, 0.15) is 6.04 Å². The van der Waals surface area contributed by atoms with Crippen molar-refractivity contribution in [2.75, 3.05) is 0 Å². The van der Waals surface area contributed by atoms with Gasteiger partial charge in [0.15, 0.2) is 0 Å². The van der Waals surface area contributed by atoms with E-state index in [1.54, 1.807) is 0 Å². The third-order valence-corrected chi connectivity index (χ3v) is 3.47. The fourth-order valence-corrected chi connectivity index (χ4v) is 2.53. The molecule has 2 aromatic rings. The Labute approximate surface area is 98.6 Å². The number of para-hydroxylation sites is 1. The lowest BCUT2D eigenvalue weighted by molar-refractivity contribution is -0.139. The number of nitrogens with one attached hydrogen (secondary N) is 2. The molecule has 1 atom stereocenters. The third kappa shape index (κ3) is 1.52. The molecular weight excluding hydrogens is 216 g/mol. The number of carboxylic acid groups (broad SMARTS) is 1. The largest absolute Gasteiger partial charge is 0.480 e. The molecule has 4 heteroatoms. The van der Waals surface area contributed by atoms with Crippen molar-refractivity contribution in [1.29, 1.82) is 0 Å². The number of aliphatic carboxylic acids is 1. The molecule has 0 amide bonds. The van der Waals surface area contributed by atoms with E-state index in [1.807, 2.05) is 6.07 Å². The predicted molar refractivity (Wildman–Crippen MR) is 65.0 cm³/mol. The van der Waals surface area contributed by atoms with Gasteiger partial charge in [-0.1, -0.05) is 18.2 Å². The van der Waals surface area contributed by atoms with Crippen molar-refractivity contribution >= 4 is 16.9 Å². The summed E-state index contributed by atoms with van der Waals surface area (Å²) in [6.07, 6.45) is 0.550. The lowest BCUT2D eigenvalue weighted by atomic mass is 9.98. The molecule has 0 spiro atoms. The van der Waals surface area contributed by atoms with Crippen LogP contribution in [0.5, 0.6) is 0 Å². The first-order chi connectivity index (χ1) is 8.16. The zero-order valence-corrected chi connectivity index (χ0v) is 9.58. The third-order valence-electron chi connectivity index (χ3n) is 3.47. The number of hydrogen-bond donors (Lipinski definition) is 3. The summed E-state index contributed by atoms with van der Waals surface area (Å²) in [6.45, 7) is 2.66. The van der Waals surface area contributed by atoms with Gasteiger partial charge < -0.3 is 10.1 Å². The molecule has 3 N–H and O–H groups in total. The van der Waals surface area contributed by atoms with Gasteiger partial charge in [-0.25, -0.2) is 0 Å². The zero-order valence-electron chi connectivity index (χ0n) is 9.58. The standard InChI is InChI=1S/C13H14N2O2/c1-7-3-2-4-8-9-5-10(13(16)17)14-6-11(9)15-12(7)8/h2-4,10,14-15H,5-6H2,1H3,(H,16,17). The molecule has 3 rings (SSSR count). The highest BCUT2D eigenvalue weighted by Gasteiger charge is 2.26. The van der Waals surface area contributed by atoms with Crippen LogP contribution < -0.4 is 5.32 Å². The fourth-order valence-electron chi connectivity index (χ4n) is 2.53. The summed E-state index contributed by atoms with van der Waals surface area (Å²) in [5.41, 5.74) is 4.59. The molecule has 4 nitrogen and oxygen atoms in total. The van der Waals surface area contributed by atoms with Gasteiger partial charge in [0.25, 0.3) is 0 Å². The Kier molecular flexibility index (Phi) is 2.19. The molecule has 1 aromatic heterocycles. The van der Waals surface area contributed by atoms with Crippen LogP contribution in [0, 0.1) is 6.92 Å². The van der Waals surface area contributed by atoms with E-state index in [1.165, 1.54) is 5.56 Å². The Morgan fingerprint density at radius 2 is 2.29 bits per heavy atom. The molecule has 1 unspecified atom stereocenters. The first-order valence-corrected chi connectivity index (χ1v) is 5.72. The van der Waals surface area contributed by atoms with Gasteiger partial charge in [0, 0.05) is 29.6 Å². The molecule has 0 fully saturated rings. The van der Waals surface area contributed by atoms with Crippen molar-refractivity contribution in [2.45, 2.75) is 25.9 Å². The van der Waals surface area contributed by atoms with Crippen LogP contribution >= 0.6 is 0 Å². The number of benzene rings is 1. The van der Waals surface area contributed by atoms with Crippen LogP contribution in [0.4, 0.5) is 0 Å². The maximum Gasteiger partial charge on any atom is 0.321 e. The van der Waals surface area contributed by atoms with E-state index >= 15 is 0 Å². The monoisotopic (exact) mass is 230 g/mol. The SMILES string of the molecule is Cc1cccc2c3c([nH]c12)CNC(C(=O)O)C3. The molecule has 0 aliphatic carbocycles. The average molecular weight is 230 g/mol. The van der Waals surface area contributed by atoms with E-state index in [2.05, 4.69) is 29.4 Å². The lowest BCUT2D eigenvalue weighted by Gasteiger charge is -2.20. The van der Waals surface area contributed by atoms with E-state index < -0.39 is 12.0 Å². The first kappa shape index (κ1) is 10.4. The van der Waals surface area contributed by atoms with Gasteiger partial charge in [-0.15, -0.1) is 0 Å². The maximum atomic E-state index is 11.0. The normalized spacial score (nSPS) is 19.2. The molecule has 1 aliphatic rings. The number of rotatable bonds is 1. The topological polar surface area (TPSA) is 65.1 Å². The summed E-state index contributed by atoms with van der Waals surface area (Å²) in [5, 5.41) is 13.2. The highest BCUT2D eigenvalue weighted by Crippen LogP contribution is 2.28. The van der Waals surface area contributed by atoms with Crippen LogP contribution in [0.2, 0.25) is 0 Å². The van der Waals surface area contributed by atoms with Crippen LogP contribution in [0.1, 0.15) is 16.8 Å². The minimum absolute atomic E-state index is 0.470. The summed E-state index contributed by atoms with van der Waals surface area (Å²) in [7, 11) is 0. The molecule has 0 saturated carbocycles. The Balaban J connectivity index is 2.15. The number of hydrogen-bond acceptors (Lipinski definition) is 2. The molecular formula is C13H14N2O2. The molecule has 0 bridgehead atoms. The van der Waals surface area contributed by atoms with Gasteiger partial charge in [-0.2, -0.15) is 0 Å². The van der Waals surface area contributed by atoms with E-state index in [-0.39, 0.29) is 0 Å². The van der Waals surface area contributed by atoms with Gasteiger partial charge >= 0.3 is 5.97 Å². The van der Waals surface area contributed by atoms with E-state index in [0.717, 1.165) is 22.2 Å². The number of aryl methyl sites for hydroxylation is 1. The van der Waals surface area contributed by atoms with Crippen molar-refractivity contribution in [2.24, 2.45) is 0 Å². The second-order valence-corrected chi connectivity index (χ2v) is 4.56. The van der Waals surface area contributed by atoms with Crippen molar-refractivity contribution in [3.05, 3.63) is 35.0 Å². The van der Waals surface area contributed by atoms with E-state index in [9.17, 15) is 4.79 Å². The molecule has 2 heterocycles. The summed E-state index contributed by atoms with van der Waals surface area (Å²) in [5.74, 6) is -0.780. The summed E-state index contributed by atoms with van der Waals surface area (Å²) < 4.78 is 0. The minimum Gasteiger partial charge on any atom is -0.480 e. The van der Waals surface area contributed by atoms with Crippen molar-refractivity contribution in [1.82, 2.24) is 10.3 Å². The van der Waals surface area contributed by atoms with Crippen molar-refractivity contribution in [3.63, 3.8) is 0 Å². The minimum atomic E-state index is -0.780. The van der Waals surface area contributed by atoms with Crippen LogP contribution in [-0.4, -0.2) is 22.1 Å². The Morgan fingerprint density at radius 1 is 1.47 bits per heavy atom. The molecule has 17 heavy (non-hydrogen) atoms. The molecule has 1 aliphatic heterocycles. The summed E-state index contributed by atoms with van der Waals surface area (Å²) in [6, 6.07) is 5.67. The number of aromatic nitrogens is 1. The Morgan fingerprint density at radius 3 is 3.06 bits per heavy atom. The second kappa shape index (κ2) is 3.60. The van der Waals surface area contributed by atoms with Crippen LogP contribution in [0.15, 0.2) is 18.2 Å². The first-order valence-electron chi connectivity index (χ1n) is 5.72. The van der Waals surface area contributed by atoms with Crippen molar-refractivity contribution < 1.29 is 9.90 Å². The number of aromatic amines is 1. The summed E-state index contributed by atoms with van der Waals surface area (Å²) in [4.78, 5) is 14.4. The van der Waals surface area contributed by atoms with Gasteiger partial charge in [-0.05, 0) is 18.1 Å². The zero-order chi connectivity index (χ0) is 12.0. The molecule has 0 radical (unpaired) electrons. The highest BCUT2D eigenvalue weighted by molar-refractivity contribution is 5.88. The van der Waals surface area contributed by atoms with Crippen molar-refractivity contribution in [3.8, 4) is 0 Å².